The highest BCUT2D eigenvalue weighted by Crippen LogP contribution is 1.90. The Morgan fingerprint density at radius 3 is 3.11 bits per heavy atom. The molecule has 1 aliphatic rings. The van der Waals surface area contributed by atoms with Crippen LogP contribution in [0.5, 0.6) is 0 Å². The van der Waals surface area contributed by atoms with E-state index < -0.39 is 6.10 Å². The zero-order valence-electron chi connectivity index (χ0n) is 4.82. The molecular weight excluding hydrogens is 136 g/mol. The summed E-state index contributed by atoms with van der Waals surface area (Å²) in [5.41, 5.74) is 0. The summed E-state index contributed by atoms with van der Waals surface area (Å²) in [5, 5.41) is 13.3. The van der Waals surface area contributed by atoms with E-state index in [1.165, 1.54) is 11.6 Å². The fraction of sp³-hybridized carbons (Fsp3) is 0.600. The van der Waals surface area contributed by atoms with Crippen molar-refractivity contribution >= 4 is 23.8 Å². The van der Waals surface area contributed by atoms with Gasteiger partial charge in [-0.3, -0.25) is 10.3 Å². The maximum absolute atomic E-state index is 8.86. The minimum atomic E-state index is -0.448. The van der Waals surface area contributed by atoms with Crippen molar-refractivity contribution in [2.45, 2.75) is 12.3 Å². The number of nitrogens with one attached hydrogen (secondary N) is 1. The molecule has 0 aromatic heterocycles. The third-order valence-corrected chi connectivity index (χ3v) is 1.34. The van der Waals surface area contributed by atoms with Crippen LogP contribution < -0.4 is 5.32 Å². The number of aliphatic imine (C=N–C) groups is 1. The molecule has 4 heteroatoms. The van der Waals surface area contributed by atoms with Crippen molar-refractivity contribution in [1.29, 1.82) is 0 Å². The second-order valence-corrected chi connectivity index (χ2v) is 2.13. The van der Waals surface area contributed by atoms with Crippen LogP contribution in [0.25, 0.3) is 0 Å². The molecule has 2 unspecified atom stereocenters. The normalized spacial score (nSPS) is 34.3. The average Bonchev–Trinajstić information content (AvgIpc) is 1.90. The Morgan fingerprint density at radius 1 is 1.89 bits per heavy atom. The molecule has 1 aliphatic heterocycles. The van der Waals surface area contributed by atoms with Crippen LogP contribution >= 0.6 is 12.2 Å². The lowest BCUT2D eigenvalue weighted by Crippen LogP contribution is -2.40. The quantitative estimate of drug-likeness (QED) is 0.480. The maximum Gasteiger partial charge on any atom is 0.128 e. The van der Waals surface area contributed by atoms with E-state index in [0.717, 1.165) is 0 Å². The third kappa shape index (κ3) is 1.82. The zero-order chi connectivity index (χ0) is 6.69. The van der Waals surface area contributed by atoms with Crippen molar-refractivity contribution in [3.63, 3.8) is 0 Å². The van der Waals surface area contributed by atoms with Crippen molar-refractivity contribution in [2.75, 3.05) is 6.54 Å². The molecule has 9 heavy (non-hydrogen) atoms. The first kappa shape index (κ1) is 6.80. The molecule has 0 aromatic carbocycles. The van der Waals surface area contributed by atoms with Gasteiger partial charge in [-0.2, -0.15) is 0 Å². The van der Waals surface area contributed by atoms with E-state index in [9.17, 15) is 0 Å². The van der Waals surface area contributed by atoms with Gasteiger partial charge in [-0.1, -0.05) is 12.2 Å². The Kier molecular flexibility index (Phi) is 2.27. The van der Waals surface area contributed by atoms with Gasteiger partial charge in [-0.15, -0.1) is 0 Å². The highest BCUT2D eigenvalue weighted by molar-refractivity contribution is 7.79. The molecule has 0 radical (unpaired) electrons. The molecule has 0 amide bonds. The summed E-state index contributed by atoms with van der Waals surface area (Å²) in [7, 11) is 0. The fourth-order valence-corrected chi connectivity index (χ4v) is 0.789. The molecule has 3 nitrogen and oxygen atoms in total. The van der Waals surface area contributed by atoms with E-state index in [0.29, 0.717) is 6.54 Å². The smallest absolute Gasteiger partial charge is 0.128 e. The first-order valence-electron chi connectivity index (χ1n) is 2.73. The lowest BCUT2D eigenvalue weighted by molar-refractivity contribution is 0.232. The van der Waals surface area contributed by atoms with Gasteiger partial charge in [0, 0.05) is 18.1 Å². The Balaban J connectivity index is 2.47. The summed E-state index contributed by atoms with van der Waals surface area (Å²) in [6.45, 7) is 0.543. The SMILES string of the molecule is OC1C=NC(C=S)NC1. The Labute approximate surface area is 58.8 Å². The number of hydrogen-bond acceptors (Lipinski definition) is 4. The van der Waals surface area contributed by atoms with Crippen LogP contribution in [0.15, 0.2) is 4.99 Å². The van der Waals surface area contributed by atoms with Crippen LogP contribution in [-0.2, 0) is 0 Å². The van der Waals surface area contributed by atoms with Crippen molar-refractivity contribution < 1.29 is 5.11 Å². The number of nitrogens with zero attached hydrogens (tertiary/aromatic N) is 1. The summed E-state index contributed by atoms with van der Waals surface area (Å²) in [6, 6.07) is 0. The van der Waals surface area contributed by atoms with E-state index in [-0.39, 0.29) is 6.17 Å². The predicted octanol–water partition coefficient (Wildman–Crippen LogP) is -0.653. The summed E-state index contributed by atoms with van der Waals surface area (Å²) < 4.78 is 0. The largest absolute Gasteiger partial charge is 0.386 e. The number of thiocarbonyl (C=S) groups is 1. The molecule has 2 N–H and O–H groups in total. The Hall–Kier alpha value is -0.320. The second-order valence-electron chi connectivity index (χ2n) is 1.85. The Bertz CT molecular complexity index is 137. The highest BCUT2D eigenvalue weighted by Gasteiger charge is 2.09. The minimum Gasteiger partial charge on any atom is -0.386 e. The van der Waals surface area contributed by atoms with Gasteiger partial charge in [0.05, 0.1) is 0 Å². The number of β-amino-alcohol motifs (C(OH)–C–C–N with tert-alkyl or cyclic N) is 1. The van der Waals surface area contributed by atoms with Crippen LogP contribution in [0.3, 0.4) is 0 Å². The summed E-state index contributed by atoms with van der Waals surface area (Å²) in [6.07, 6.45) is 0.976. The molecule has 1 heterocycles. The lowest BCUT2D eigenvalue weighted by Gasteiger charge is -2.16. The molecule has 50 valence electrons. The minimum absolute atomic E-state index is 0.0802. The van der Waals surface area contributed by atoms with E-state index in [1.807, 2.05) is 0 Å². The summed E-state index contributed by atoms with van der Waals surface area (Å²) in [5.74, 6) is 0. The molecule has 2 atom stereocenters. The third-order valence-electron chi connectivity index (χ3n) is 1.08. The average molecular weight is 144 g/mol. The molecule has 0 saturated carbocycles. The standard InChI is InChI=1S/C5H8N2OS/c8-4-1-6-5(3-9)7-2-4/h1,3-5,7-8H,2H2. The first-order chi connectivity index (χ1) is 4.33. The van der Waals surface area contributed by atoms with Gasteiger partial charge in [-0.05, 0) is 0 Å². The number of aliphatic hydroxyl groups excluding tert-OH is 1. The number of rotatable bonds is 1. The lowest BCUT2D eigenvalue weighted by atomic mass is 10.3. The topological polar surface area (TPSA) is 44.6 Å². The van der Waals surface area contributed by atoms with Crippen molar-refractivity contribution in [2.24, 2.45) is 4.99 Å². The molecule has 0 bridgehead atoms. The first-order valence-corrected chi connectivity index (χ1v) is 3.20. The van der Waals surface area contributed by atoms with Gasteiger partial charge < -0.3 is 5.11 Å². The summed E-state index contributed by atoms with van der Waals surface area (Å²) in [4.78, 5) is 3.88. The molecule has 0 aliphatic carbocycles. The van der Waals surface area contributed by atoms with Crippen LogP contribution in [0.2, 0.25) is 0 Å². The predicted molar refractivity (Wildman–Crippen MR) is 39.9 cm³/mol. The van der Waals surface area contributed by atoms with Gasteiger partial charge in [0.15, 0.2) is 0 Å². The van der Waals surface area contributed by atoms with Gasteiger partial charge in [0.25, 0.3) is 0 Å². The van der Waals surface area contributed by atoms with Gasteiger partial charge in [-0.25, -0.2) is 0 Å². The number of aliphatic hydroxyl groups is 1. The van der Waals surface area contributed by atoms with Crippen LogP contribution in [0, 0.1) is 0 Å². The molecule has 0 fully saturated rings. The molecule has 0 saturated heterocycles. The fourth-order valence-electron chi connectivity index (χ4n) is 0.622. The van der Waals surface area contributed by atoms with Crippen molar-refractivity contribution in [3.05, 3.63) is 0 Å². The van der Waals surface area contributed by atoms with Crippen molar-refractivity contribution in [3.8, 4) is 0 Å². The zero-order valence-corrected chi connectivity index (χ0v) is 5.64. The van der Waals surface area contributed by atoms with Crippen molar-refractivity contribution in [1.82, 2.24) is 5.32 Å². The van der Waals surface area contributed by atoms with Crippen LogP contribution in [0.4, 0.5) is 0 Å². The van der Waals surface area contributed by atoms with E-state index in [4.69, 9.17) is 5.11 Å². The second kappa shape index (κ2) is 3.00. The molecule has 1 rings (SSSR count). The Morgan fingerprint density at radius 2 is 2.67 bits per heavy atom. The van der Waals surface area contributed by atoms with Gasteiger partial charge in [0.1, 0.15) is 12.3 Å². The van der Waals surface area contributed by atoms with Gasteiger partial charge in [0.2, 0.25) is 0 Å². The van der Waals surface area contributed by atoms with Crippen LogP contribution in [-0.4, -0.2) is 35.5 Å². The number of hydrogen-bond donors (Lipinski definition) is 2. The van der Waals surface area contributed by atoms with E-state index in [1.54, 1.807) is 0 Å². The maximum atomic E-state index is 8.86. The molecule has 0 aromatic rings. The van der Waals surface area contributed by atoms with Crippen LogP contribution in [0.1, 0.15) is 0 Å². The molecule has 0 spiro atoms. The van der Waals surface area contributed by atoms with E-state index in [2.05, 4.69) is 22.5 Å². The highest BCUT2D eigenvalue weighted by atomic mass is 32.1. The van der Waals surface area contributed by atoms with Gasteiger partial charge >= 0.3 is 0 Å². The monoisotopic (exact) mass is 144 g/mol. The van der Waals surface area contributed by atoms with E-state index >= 15 is 0 Å². The summed E-state index contributed by atoms with van der Waals surface area (Å²) >= 11 is 4.63. The molecular formula is C5H8N2OS.